The number of rotatable bonds is 10. The van der Waals surface area contributed by atoms with Crippen LogP contribution < -0.4 is 0 Å². The van der Waals surface area contributed by atoms with Crippen LogP contribution in [-0.4, -0.2) is 15.3 Å². The molecule has 1 unspecified atom stereocenters. The first-order valence-corrected chi connectivity index (χ1v) is 20.9. The molecule has 0 aliphatic heterocycles. The molecule has 3 heteroatoms. The molecule has 302 valence electrons. The lowest BCUT2D eigenvalue weighted by atomic mass is 9.74. The Morgan fingerprint density at radius 3 is 0.759 bits per heavy atom. The molecule has 3 aromatic carbocycles. The summed E-state index contributed by atoms with van der Waals surface area (Å²) in [5, 5.41) is 34.7. The maximum absolute atomic E-state index is 11.6. The number of aromatic hydroxyl groups is 3. The number of phenolic OH excluding ortho intramolecular Hbond substituents is 3. The fourth-order valence-corrected chi connectivity index (χ4v) is 8.29. The lowest BCUT2D eigenvalue weighted by Crippen LogP contribution is -2.22. The number of hydrogen-bond acceptors (Lipinski definition) is 3. The van der Waals surface area contributed by atoms with Gasteiger partial charge < -0.3 is 15.3 Å². The molecule has 3 aromatic rings. The molecule has 0 heterocycles. The average molecular weight is 741 g/mol. The third-order valence-electron chi connectivity index (χ3n) is 11.3. The van der Waals surface area contributed by atoms with Crippen LogP contribution >= 0.6 is 0 Å². The minimum atomic E-state index is -0.199. The van der Waals surface area contributed by atoms with Gasteiger partial charge in [0.05, 0.1) is 0 Å². The van der Waals surface area contributed by atoms with Gasteiger partial charge in [-0.3, -0.25) is 0 Å². The second-order valence-electron chi connectivity index (χ2n) is 23.0. The van der Waals surface area contributed by atoms with Crippen molar-refractivity contribution >= 4 is 0 Å². The van der Waals surface area contributed by atoms with Crippen molar-refractivity contribution in [2.45, 2.75) is 203 Å². The van der Waals surface area contributed by atoms with E-state index in [0.29, 0.717) is 29.1 Å². The molecular weight excluding hydrogens is 661 g/mol. The van der Waals surface area contributed by atoms with Crippen molar-refractivity contribution in [1.29, 1.82) is 0 Å². The summed E-state index contributed by atoms with van der Waals surface area (Å²) in [6.07, 6.45) is 6.05. The minimum Gasteiger partial charge on any atom is -0.507 e. The van der Waals surface area contributed by atoms with Crippen LogP contribution in [0, 0.1) is 11.8 Å². The van der Waals surface area contributed by atoms with Gasteiger partial charge in [0.2, 0.25) is 0 Å². The Balaban J connectivity index is 2.26. The predicted octanol–water partition coefficient (Wildman–Crippen LogP) is 14.0. The fraction of sp³-hybridized carbons (Fsp3) is 0.647. The van der Waals surface area contributed by atoms with Gasteiger partial charge in [-0.2, -0.15) is 0 Å². The van der Waals surface area contributed by atoms with Crippen LogP contribution in [0.4, 0.5) is 0 Å². The van der Waals surface area contributed by atoms with Gasteiger partial charge >= 0.3 is 0 Å². The molecule has 3 nitrogen and oxygen atoms in total. The van der Waals surface area contributed by atoms with Crippen LogP contribution in [0.3, 0.4) is 0 Å². The largest absolute Gasteiger partial charge is 0.507 e. The Morgan fingerprint density at radius 1 is 0.370 bits per heavy atom. The van der Waals surface area contributed by atoms with Crippen LogP contribution in [0.1, 0.15) is 201 Å². The van der Waals surface area contributed by atoms with Crippen LogP contribution in [0.15, 0.2) is 36.4 Å². The normalized spacial score (nSPS) is 14.2. The minimum absolute atomic E-state index is 0.175. The lowest BCUT2D eigenvalue weighted by Gasteiger charge is -2.31. The van der Waals surface area contributed by atoms with E-state index in [1.807, 2.05) is 0 Å². The monoisotopic (exact) mass is 741 g/mol. The Morgan fingerprint density at radius 2 is 0.574 bits per heavy atom. The van der Waals surface area contributed by atoms with E-state index >= 15 is 0 Å². The van der Waals surface area contributed by atoms with E-state index in [-0.39, 0.29) is 32.5 Å². The van der Waals surface area contributed by atoms with Crippen molar-refractivity contribution in [1.82, 2.24) is 0 Å². The highest BCUT2D eigenvalue weighted by Crippen LogP contribution is 2.44. The first-order valence-electron chi connectivity index (χ1n) is 20.9. The van der Waals surface area contributed by atoms with E-state index in [0.717, 1.165) is 71.9 Å². The van der Waals surface area contributed by atoms with Gasteiger partial charge in [0.25, 0.3) is 0 Å². The Hall–Kier alpha value is -2.94. The molecule has 0 aliphatic carbocycles. The molecule has 0 spiro atoms. The zero-order chi connectivity index (χ0) is 41.6. The molecular formula is C51H80O3. The SMILES string of the molecule is CCCC(Cc1cc(C(C)(C)C)c(O)c(C(C)(C)C)c1)CC(Cc1cc(C(C)(C)C)c(O)c(C(C)(C)C)c1)Cc1cc(C(C)(C)C)c(O)c(C(C)(C)C)c1. The van der Waals surface area contributed by atoms with Gasteiger partial charge in [0.15, 0.2) is 0 Å². The van der Waals surface area contributed by atoms with Crippen molar-refractivity contribution in [3.05, 3.63) is 86.5 Å². The highest BCUT2D eigenvalue weighted by molar-refractivity contribution is 5.52. The van der Waals surface area contributed by atoms with Gasteiger partial charge in [-0.05, 0) is 120 Å². The quantitative estimate of drug-likeness (QED) is 0.194. The zero-order valence-corrected chi connectivity index (χ0v) is 38.2. The van der Waals surface area contributed by atoms with Crippen molar-refractivity contribution in [3.8, 4) is 17.2 Å². The summed E-state index contributed by atoms with van der Waals surface area (Å²) in [6.45, 7) is 41.8. The fourth-order valence-electron chi connectivity index (χ4n) is 8.29. The van der Waals surface area contributed by atoms with Gasteiger partial charge in [-0.1, -0.05) is 181 Å². The number of benzene rings is 3. The molecule has 3 rings (SSSR count). The van der Waals surface area contributed by atoms with Crippen molar-refractivity contribution in [2.75, 3.05) is 0 Å². The molecule has 0 aliphatic rings. The van der Waals surface area contributed by atoms with E-state index < -0.39 is 0 Å². The molecule has 0 aromatic heterocycles. The molecule has 0 saturated carbocycles. The highest BCUT2D eigenvalue weighted by atomic mass is 16.3. The lowest BCUT2D eigenvalue weighted by molar-refractivity contribution is 0.341. The van der Waals surface area contributed by atoms with E-state index in [1.165, 1.54) is 16.7 Å². The molecule has 0 bridgehead atoms. The summed E-state index contributed by atoms with van der Waals surface area (Å²) < 4.78 is 0. The average Bonchev–Trinajstić information content (AvgIpc) is 2.96. The van der Waals surface area contributed by atoms with Crippen LogP contribution in [0.5, 0.6) is 17.2 Å². The van der Waals surface area contributed by atoms with Gasteiger partial charge in [-0.15, -0.1) is 0 Å². The van der Waals surface area contributed by atoms with E-state index in [9.17, 15) is 15.3 Å². The van der Waals surface area contributed by atoms with Crippen molar-refractivity contribution in [3.63, 3.8) is 0 Å². The second kappa shape index (κ2) is 15.9. The summed E-state index contributed by atoms with van der Waals surface area (Å²) in [4.78, 5) is 0. The molecule has 0 radical (unpaired) electrons. The smallest absolute Gasteiger partial charge is 0.123 e. The highest BCUT2D eigenvalue weighted by Gasteiger charge is 2.31. The van der Waals surface area contributed by atoms with Crippen molar-refractivity contribution < 1.29 is 15.3 Å². The Labute approximate surface area is 332 Å². The maximum atomic E-state index is 11.6. The Bertz CT molecular complexity index is 1560. The van der Waals surface area contributed by atoms with Gasteiger partial charge in [0.1, 0.15) is 17.2 Å². The molecule has 0 saturated heterocycles. The number of hydrogen-bond donors (Lipinski definition) is 3. The number of phenols is 3. The van der Waals surface area contributed by atoms with E-state index in [1.54, 1.807) is 0 Å². The predicted molar refractivity (Wildman–Crippen MR) is 234 cm³/mol. The maximum Gasteiger partial charge on any atom is 0.123 e. The molecule has 54 heavy (non-hydrogen) atoms. The summed E-state index contributed by atoms with van der Waals surface area (Å²) in [5.41, 5.74) is 8.82. The Kier molecular flexibility index (Phi) is 13.4. The molecule has 0 amide bonds. The summed E-state index contributed by atoms with van der Waals surface area (Å²) >= 11 is 0. The standard InChI is InChI=1S/C51H80O3/c1-20-21-32(23-34-26-37(46(2,3)4)43(52)38(27-34)47(5,6)7)22-33(24-35-28-39(48(8,9)10)44(53)40(29-35)49(11,12)13)25-36-30-41(50(14,15)16)45(54)42(31-36)51(17,18)19/h26-33,52-54H,20-25H2,1-19H3. The van der Waals surface area contributed by atoms with Crippen LogP contribution in [-0.2, 0) is 51.8 Å². The summed E-state index contributed by atoms with van der Waals surface area (Å²) in [5.74, 6) is 2.08. The van der Waals surface area contributed by atoms with Gasteiger partial charge in [0, 0.05) is 0 Å². The topological polar surface area (TPSA) is 60.7 Å². The van der Waals surface area contributed by atoms with Gasteiger partial charge in [-0.25, -0.2) is 0 Å². The van der Waals surface area contributed by atoms with Crippen molar-refractivity contribution in [2.24, 2.45) is 11.8 Å². The van der Waals surface area contributed by atoms with E-state index in [4.69, 9.17) is 0 Å². The zero-order valence-electron chi connectivity index (χ0n) is 38.2. The van der Waals surface area contributed by atoms with Crippen LogP contribution in [0.25, 0.3) is 0 Å². The summed E-state index contributed by atoms with van der Waals surface area (Å²) in [6, 6.07) is 13.6. The third-order valence-corrected chi connectivity index (χ3v) is 11.3. The first kappa shape index (κ1) is 45.4. The molecule has 3 N–H and O–H groups in total. The third kappa shape index (κ3) is 11.3. The molecule has 0 fully saturated rings. The summed E-state index contributed by atoms with van der Waals surface area (Å²) in [7, 11) is 0. The van der Waals surface area contributed by atoms with E-state index in [2.05, 4.69) is 168 Å². The van der Waals surface area contributed by atoms with Crippen LogP contribution in [0.2, 0.25) is 0 Å². The first-order chi connectivity index (χ1) is 24.2. The second-order valence-corrected chi connectivity index (χ2v) is 23.0. The molecule has 1 atom stereocenters.